The molecule has 1 N–H and O–H groups in total. The summed E-state index contributed by atoms with van der Waals surface area (Å²) in [5.74, 6) is 0.787. The minimum absolute atomic E-state index is 0.183. The lowest BCUT2D eigenvalue weighted by molar-refractivity contribution is -0.0283. The van der Waals surface area contributed by atoms with Crippen LogP contribution in [-0.2, 0) is 12.1 Å². The average Bonchev–Trinajstić information content (AvgIpc) is 3.33. The van der Waals surface area contributed by atoms with Crippen LogP contribution >= 0.6 is 0 Å². The van der Waals surface area contributed by atoms with Crippen molar-refractivity contribution in [3.63, 3.8) is 0 Å². The fourth-order valence-corrected chi connectivity index (χ4v) is 5.21. The highest BCUT2D eigenvalue weighted by Crippen LogP contribution is 2.35. The van der Waals surface area contributed by atoms with E-state index in [2.05, 4.69) is 23.7 Å². The van der Waals surface area contributed by atoms with E-state index < -0.39 is 5.60 Å². The van der Waals surface area contributed by atoms with Crippen molar-refractivity contribution in [3.05, 3.63) is 77.7 Å². The van der Waals surface area contributed by atoms with Crippen LogP contribution in [0, 0.1) is 5.92 Å². The van der Waals surface area contributed by atoms with E-state index in [0.717, 1.165) is 47.1 Å². The Labute approximate surface area is 212 Å². The molecule has 0 saturated carbocycles. The second-order valence-corrected chi connectivity index (χ2v) is 10.4. The van der Waals surface area contributed by atoms with Crippen LogP contribution in [0.2, 0.25) is 0 Å². The number of hydrogen-bond acceptors (Lipinski definition) is 5. The van der Waals surface area contributed by atoms with Crippen molar-refractivity contribution in [2.45, 2.75) is 45.3 Å². The van der Waals surface area contributed by atoms with E-state index in [0.29, 0.717) is 36.6 Å². The Balaban J connectivity index is 1.31. The lowest BCUT2D eigenvalue weighted by Crippen LogP contribution is -2.43. The van der Waals surface area contributed by atoms with Crippen LogP contribution in [0.25, 0.3) is 21.9 Å². The summed E-state index contributed by atoms with van der Waals surface area (Å²) in [4.78, 5) is 21.8. The van der Waals surface area contributed by atoms with Gasteiger partial charge in [0.2, 0.25) is 0 Å². The highest BCUT2D eigenvalue weighted by molar-refractivity contribution is 5.96. The fourth-order valence-electron chi connectivity index (χ4n) is 5.21. The van der Waals surface area contributed by atoms with Crippen molar-refractivity contribution in [3.8, 4) is 0 Å². The Hall–Kier alpha value is -3.22. The van der Waals surface area contributed by atoms with E-state index >= 15 is 0 Å². The number of piperidine rings is 1. The maximum Gasteiger partial charge on any atom is 0.289 e. The molecule has 0 bridgehead atoms. The number of nitrogens with zero attached hydrogens (tertiary/aromatic N) is 3. The maximum absolute atomic E-state index is 13.2. The number of hydrogen-bond donors (Lipinski definition) is 1. The van der Waals surface area contributed by atoms with Crippen molar-refractivity contribution in [1.82, 2.24) is 14.8 Å². The van der Waals surface area contributed by atoms with Crippen LogP contribution in [0.1, 0.15) is 54.8 Å². The molecule has 1 unspecified atom stereocenters. The van der Waals surface area contributed by atoms with E-state index in [1.54, 1.807) is 24.2 Å². The van der Waals surface area contributed by atoms with Crippen LogP contribution in [-0.4, -0.2) is 52.5 Å². The third-order valence-corrected chi connectivity index (χ3v) is 7.68. The summed E-state index contributed by atoms with van der Waals surface area (Å²) in [6.07, 6.45) is 4.36. The van der Waals surface area contributed by atoms with Crippen molar-refractivity contribution >= 4 is 27.8 Å². The number of rotatable bonds is 7. The first-order valence-corrected chi connectivity index (χ1v) is 12.9. The van der Waals surface area contributed by atoms with E-state index in [4.69, 9.17) is 4.42 Å². The van der Waals surface area contributed by atoms with Gasteiger partial charge in [-0.25, -0.2) is 0 Å². The quantitative estimate of drug-likeness (QED) is 0.370. The fraction of sp³-hybridized carbons (Fsp3) is 0.400. The number of benzene rings is 2. The average molecular weight is 486 g/mol. The number of likely N-dealkylation sites (tertiary alicyclic amines) is 1. The first kappa shape index (κ1) is 24.5. The van der Waals surface area contributed by atoms with E-state index in [1.807, 2.05) is 48.5 Å². The Morgan fingerprint density at radius 1 is 1.14 bits per heavy atom. The van der Waals surface area contributed by atoms with E-state index in [-0.39, 0.29) is 5.91 Å². The Bertz CT molecular complexity index is 1370. The van der Waals surface area contributed by atoms with Gasteiger partial charge in [-0.2, -0.15) is 0 Å². The summed E-state index contributed by atoms with van der Waals surface area (Å²) in [5, 5.41) is 13.3. The monoisotopic (exact) mass is 485 g/mol. The van der Waals surface area contributed by atoms with Gasteiger partial charge in [0.25, 0.3) is 5.91 Å². The van der Waals surface area contributed by atoms with E-state index in [1.165, 1.54) is 6.42 Å². The number of furan rings is 1. The molecule has 0 aliphatic carbocycles. The first-order valence-electron chi connectivity index (χ1n) is 12.9. The maximum atomic E-state index is 13.2. The number of pyridine rings is 1. The predicted octanol–water partition coefficient (Wildman–Crippen LogP) is 5.58. The van der Waals surface area contributed by atoms with Gasteiger partial charge in [-0.3, -0.25) is 9.78 Å². The molecule has 1 saturated heterocycles. The standard InChI is InChI=1S/C30H35N3O3/c1-4-21(2)19-33-15-12-30(35,13-16-33)25-10-11-26-24(17-25)18-27(36-26)29(34)32(3)20-23-8-5-7-22-9-6-14-31-28(22)23/h5-11,14,17-18,21,35H,4,12-13,15-16,19-20H2,1-3H3. The molecule has 1 amide bonds. The second kappa shape index (κ2) is 10.0. The zero-order valence-electron chi connectivity index (χ0n) is 21.4. The number of carbonyl (C=O) groups excluding carboxylic acids is 1. The van der Waals surface area contributed by atoms with Gasteiger partial charge in [0, 0.05) is 50.2 Å². The number of fused-ring (bicyclic) bond motifs is 2. The first-order chi connectivity index (χ1) is 17.4. The summed E-state index contributed by atoms with van der Waals surface area (Å²) in [6, 6.07) is 17.5. The minimum atomic E-state index is -0.847. The molecule has 2 aromatic heterocycles. The van der Waals surface area contributed by atoms with Gasteiger partial charge in [-0.1, -0.05) is 50.6 Å². The number of amides is 1. The Morgan fingerprint density at radius 2 is 1.92 bits per heavy atom. The summed E-state index contributed by atoms with van der Waals surface area (Å²) >= 11 is 0. The normalized spacial score (nSPS) is 16.9. The minimum Gasteiger partial charge on any atom is -0.451 e. The molecule has 6 heteroatoms. The molecule has 2 aromatic carbocycles. The predicted molar refractivity (Wildman–Crippen MR) is 143 cm³/mol. The zero-order chi connectivity index (χ0) is 25.3. The molecule has 1 aliphatic heterocycles. The van der Waals surface area contributed by atoms with Crippen LogP contribution in [0.3, 0.4) is 0 Å². The number of aromatic nitrogens is 1. The molecule has 188 valence electrons. The SMILES string of the molecule is CCC(C)CN1CCC(O)(c2ccc3oc(C(=O)N(C)Cc4cccc5cccnc45)cc3c2)CC1. The third kappa shape index (κ3) is 4.88. The summed E-state index contributed by atoms with van der Waals surface area (Å²) < 4.78 is 5.93. The van der Waals surface area contributed by atoms with Gasteiger partial charge in [0.1, 0.15) is 5.58 Å². The molecule has 6 nitrogen and oxygen atoms in total. The Kier molecular flexibility index (Phi) is 6.82. The van der Waals surface area contributed by atoms with Crippen LogP contribution in [0.15, 0.2) is 65.2 Å². The van der Waals surface area contributed by atoms with Gasteiger partial charge >= 0.3 is 0 Å². The molecule has 3 heterocycles. The molecule has 1 fully saturated rings. The highest BCUT2D eigenvalue weighted by atomic mass is 16.3. The van der Waals surface area contributed by atoms with Gasteiger partial charge in [0.05, 0.1) is 11.1 Å². The van der Waals surface area contributed by atoms with Crippen LogP contribution in [0.5, 0.6) is 0 Å². The molecule has 36 heavy (non-hydrogen) atoms. The van der Waals surface area contributed by atoms with E-state index in [9.17, 15) is 9.90 Å². The van der Waals surface area contributed by atoms with Gasteiger partial charge < -0.3 is 19.3 Å². The molecule has 5 rings (SSSR count). The van der Waals surface area contributed by atoms with Crippen LogP contribution in [0.4, 0.5) is 0 Å². The molecule has 0 spiro atoms. The van der Waals surface area contributed by atoms with Gasteiger partial charge in [0.15, 0.2) is 5.76 Å². The van der Waals surface area contributed by atoms with Crippen molar-refractivity contribution < 1.29 is 14.3 Å². The highest BCUT2D eigenvalue weighted by Gasteiger charge is 2.34. The van der Waals surface area contributed by atoms with Crippen molar-refractivity contribution in [1.29, 1.82) is 0 Å². The summed E-state index contributed by atoms with van der Waals surface area (Å²) in [5.41, 5.74) is 2.59. The Morgan fingerprint density at radius 3 is 2.69 bits per heavy atom. The zero-order valence-corrected chi connectivity index (χ0v) is 21.4. The molecule has 1 atom stereocenters. The summed E-state index contributed by atoms with van der Waals surface area (Å²) in [6.45, 7) is 7.80. The van der Waals surface area contributed by atoms with Gasteiger partial charge in [-0.15, -0.1) is 0 Å². The van der Waals surface area contributed by atoms with Crippen LogP contribution < -0.4 is 0 Å². The lowest BCUT2D eigenvalue weighted by atomic mass is 9.84. The molecule has 4 aromatic rings. The number of para-hydroxylation sites is 1. The molecular formula is C30H35N3O3. The molecule has 1 aliphatic rings. The molecule has 0 radical (unpaired) electrons. The smallest absolute Gasteiger partial charge is 0.289 e. The van der Waals surface area contributed by atoms with Gasteiger partial charge in [-0.05, 0) is 54.2 Å². The molecular weight excluding hydrogens is 450 g/mol. The van der Waals surface area contributed by atoms with Crippen molar-refractivity contribution in [2.75, 3.05) is 26.7 Å². The van der Waals surface area contributed by atoms with Crippen molar-refractivity contribution in [2.24, 2.45) is 5.92 Å². The second-order valence-electron chi connectivity index (χ2n) is 10.4. The topological polar surface area (TPSA) is 69.8 Å². The number of aliphatic hydroxyl groups is 1. The third-order valence-electron chi connectivity index (χ3n) is 7.68. The summed E-state index contributed by atoms with van der Waals surface area (Å²) in [7, 11) is 1.78. The largest absolute Gasteiger partial charge is 0.451 e. The lowest BCUT2D eigenvalue weighted by Gasteiger charge is -2.39. The number of carbonyl (C=O) groups is 1.